The lowest BCUT2D eigenvalue weighted by Crippen LogP contribution is -2.25. The largest absolute Gasteiger partial charge is 0.110 e. The second-order valence-electron chi connectivity index (χ2n) is 4.74. The molecule has 2 aromatic rings. The van der Waals surface area contributed by atoms with E-state index < -0.39 is 0 Å². The van der Waals surface area contributed by atoms with Crippen molar-refractivity contribution in [2.45, 2.75) is 26.2 Å². The molecule has 0 unspecified atom stereocenters. The first-order valence-electron chi connectivity index (χ1n) is 7.23. The van der Waals surface area contributed by atoms with Gasteiger partial charge in [0, 0.05) is 0 Å². The van der Waals surface area contributed by atoms with Crippen LogP contribution in [-0.4, -0.2) is 19.0 Å². The Kier molecular flexibility index (Phi) is 6.54. The van der Waals surface area contributed by atoms with E-state index in [0.29, 0.717) is 0 Å². The molecule has 0 amide bonds. The molecule has 0 spiro atoms. The first-order chi connectivity index (χ1) is 9.88. The Bertz CT molecular complexity index is 474. The Labute approximate surface area is 127 Å². The Morgan fingerprint density at radius 2 is 1.35 bits per heavy atom. The van der Waals surface area contributed by atoms with Gasteiger partial charge in [0.15, 0.2) is 0 Å². The molecule has 0 saturated carbocycles. The van der Waals surface area contributed by atoms with Crippen molar-refractivity contribution in [3.05, 3.63) is 71.6 Å². The van der Waals surface area contributed by atoms with Gasteiger partial charge in [-0.3, -0.25) is 0 Å². The minimum absolute atomic E-state index is 0.806. The standard InChI is InChI=1S/C18H20Si2/c1-2-3-6-15-18(19-16-11-7-4-8-12-16)20-17-13-9-5-10-14-17/h4-5,7-15H,2-3,6H2,1H3. The van der Waals surface area contributed by atoms with Crippen LogP contribution < -0.4 is 10.4 Å². The minimum atomic E-state index is 0.806. The second-order valence-corrected chi connectivity index (χ2v) is 7.97. The molecule has 0 atom stereocenters. The van der Waals surface area contributed by atoms with Crippen LogP contribution in [-0.2, 0) is 0 Å². The molecule has 100 valence electrons. The van der Waals surface area contributed by atoms with Crippen LogP contribution in [0, 0.1) is 0 Å². The lowest BCUT2D eigenvalue weighted by Gasteiger charge is -2.06. The van der Waals surface area contributed by atoms with Crippen molar-refractivity contribution in [1.82, 2.24) is 0 Å². The van der Waals surface area contributed by atoms with Crippen molar-refractivity contribution in [2.24, 2.45) is 0 Å². The average Bonchev–Trinajstić information content (AvgIpc) is 2.49. The maximum Gasteiger partial charge on any atom is 0.110 e. The molecule has 0 aliphatic rings. The number of benzene rings is 2. The molecule has 0 N–H and O–H groups in total. The highest BCUT2D eigenvalue weighted by atomic mass is 28.3. The molecular formula is C18H20Si2. The molecule has 0 fully saturated rings. The molecule has 0 heterocycles. The third-order valence-corrected chi connectivity index (χ3v) is 5.95. The number of hydrogen-bond acceptors (Lipinski definition) is 0. The molecule has 0 aliphatic heterocycles. The summed E-state index contributed by atoms with van der Waals surface area (Å²) in [4.78, 5) is 1.59. The summed E-state index contributed by atoms with van der Waals surface area (Å²) in [6, 6.07) is 21.7. The molecule has 0 aliphatic carbocycles. The maximum atomic E-state index is 2.47. The van der Waals surface area contributed by atoms with Crippen LogP contribution >= 0.6 is 0 Å². The zero-order chi connectivity index (χ0) is 14.0. The number of unbranched alkanes of at least 4 members (excludes halogenated alkanes) is 2. The summed E-state index contributed by atoms with van der Waals surface area (Å²) in [6.45, 7) is 2.26. The second kappa shape index (κ2) is 8.72. The molecule has 0 aromatic heterocycles. The van der Waals surface area contributed by atoms with Gasteiger partial charge < -0.3 is 0 Å². The SMILES string of the molecule is CCCCC=C([Si]c1ccccc1)[Si]c1ccccc1. The number of hydrogen-bond donors (Lipinski definition) is 0. The Hall–Kier alpha value is -1.39. The number of rotatable bonds is 7. The van der Waals surface area contributed by atoms with Gasteiger partial charge in [-0.15, -0.1) is 0 Å². The van der Waals surface area contributed by atoms with Crippen LogP contribution in [0.2, 0.25) is 0 Å². The van der Waals surface area contributed by atoms with E-state index in [-0.39, 0.29) is 0 Å². The maximum absolute atomic E-state index is 2.47. The van der Waals surface area contributed by atoms with Gasteiger partial charge in [-0.25, -0.2) is 0 Å². The Morgan fingerprint density at radius 1 is 0.850 bits per heavy atom. The third kappa shape index (κ3) is 5.31. The third-order valence-electron chi connectivity index (χ3n) is 3.01. The van der Waals surface area contributed by atoms with E-state index in [9.17, 15) is 0 Å². The van der Waals surface area contributed by atoms with Crippen LogP contribution in [0.15, 0.2) is 71.6 Å². The molecular weight excluding hydrogens is 272 g/mol. The van der Waals surface area contributed by atoms with E-state index in [1.165, 1.54) is 29.6 Å². The molecule has 0 nitrogen and oxygen atoms in total. The lowest BCUT2D eigenvalue weighted by molar-refractivity contribution is 0.815. The number of allylic oxidation sites excluding steroid dienone is 1. The molecule has 20 heavy (non-hydrogen) atoms. The molecule has 2 rings (SSSR count). The molecule has 0 saturated heterocycles. The van der Waals surface area contributed by atoms with Crippen LogP contribution in [0.1, 0.15) is 26.2 Å². The highest BCUT2D eigenvalue weighted by Crippen LogP contribution is 2.01. The fraction of sp³-hybridized carbons (Fsp3) is 0.222. The Morgan fingerprint density at radius 3 is 1.80 bits per heavy atom. The first-order valence-corrected chi connectivity index (χ1v) is 9.23. The summed E-state index contributed by atoms with van der Waals surface area (Å²) in [6.07, 6.45) is 6.25. The topological polar surface area (TPSA) is 0 Å². The van der Waals surface area contributed by atoms with Crippen molar-refractivity contribution in [2.75, 3.05) is 0 Å². The Balaban J connectivity index is 2.06. The van der Waals surface area contributed by atoms with Gasteiger partial charge in [0.2, 0.25) is 0 Å². The summed E-state index contributed by atoms with van der Waals surface area (Å²) < 4.78 is 0. The molecule has 2 heteroatoms. The quantitative estimate of drug-likeness (QED) is 0.543. The van der Waals surface area contributed by atoms with Gasteiger partial charge in [-0.05, 0) is 6.42 Å². The fourth-order valence-corrected chi connectivity index (χ4v) is 4.89. The highest BCUT2D eigenvalue weighted by molar-refractivity contribution is 6.82. The predicted octanol–water partition coefficient (Wildman–Crippen LogP) is 3.08. The van der Waals surface area contributed by atoms with E-state index in [0.717, 1.165) is 19.0 Å². The minimum Gasteiger partial charge on any atom is -0.0931 e. The fourth-order valence-electron chi connectivity index (χ4n) is 1.94. The normalized spacial score (nSPS) is 10.2. The molecule has 0 bridgehead atoms. The van der Waals surface area contributed by atoms with E-state index in [1.807, 2.05) is 0 Å². The van der Waals surface area contributed by atoms with Gasteiger partial charge >= 0.3 is 0 Å². The summed E-state index contributed by atoms with van der Waals surface area (Å²) >= 11 is 0. The zero-order valence-electron chi connectivity index (χ0n) is 12.0. The van der Waals surface area contributed by atoms with Crippen LogP contribution in [0.25, 0.3) is 0 Å². The van der Waals surface area contributed by atoms with Crippen molar-refractivity contribution in [3.8, 4) is 0 Å². The van der Waals surface area contributed by atoms with Gasteiger partial charge in [-0.2, -0.15) is 0 Å². The van der Waals surface area contributed by atoms with E-state index in [4.69, 9.17) is 0 Å². The van der Waals surface area contributed by atoms with Crippen LogP contribution in [0.5, 0.6) is 0 Å². The average molecular weight is 293 g/mol. The van der Waals surface area contributed by atoms with Gasteiger partial charge in [0.1, 0.15) is 19.0 Å². The van der Waals surface area contributed by atoms with Crippen LogP contribution in [0.3, 0.4) is 0 Å². The summed E-state index contributed by atoms with van der Waals surface area (Å²) in [5, 5.41) is 2.89. The summed E-state index contributed by atoms with van der Waals surface area (Å²) in [5.41, 5.74) is 0. The van der Waals surface area contributed by atoms with Crippen molar-refractivity contribution >= 4 is 29.4 Å². The van der Waals surface area contributed by atoms with E-state index >= 15 is 0 Å². The molecule has 2 aromatic carbocycles. The lowest BCUT2D eigenvalue weighted by atomic mass is 10.2. The highest BCUT2D eigenvalue weighted by Gasteiger charge is 2.04. The van der Waals surface area contributed by atoms with Crippen molar-refractivity contribution < 1.29 is 0 Å². The smallest absolute Gasteiger partial charge is 0.0931 e. The molecule has 4 radical (unpaired) electrons. The first kappa shape index (κ1) is 15.0. The summed E-state index contributed by atoms with van der Waals surface area (Å²) in [7, 11) is 1.61. The van der Waals surface area contributed by atoms with Crippen molar-refractivity contribution in [1.29, 1.82) is 0 Å². The van der Waals surface area contributed by atoms with Crippen LogP contribution in [0.4, 0.5) is 0 Å². The monoisotopic (exact) mass is 292 g/mol. The summed E-state index contributed by atoms with van der Waals surface area (Å²) in [5.74, 6) is 0. The van der Waals surface area contributed by atoms with Gasteiger partial charge in [0.05, 0.1) is 0 Å². The van der Waals surface area contributed by atoms with Gasteiger partial charge in [0.25, 0.3) is 0 Å². The zero-order valence-corrected chi connectivity index (χ0v) is 14.0. The predicted molar refractivity (Wildman–Crippen MR) is 91.3 cm³/mol. The van der Waals surface area contributed by atoms with Gasteiger partial charge in [-0.1, -0.05) is 102 Å². The van der Waals surface area contributed by atoms with E-state index in [1.54, 1.807) is 4.82 Å². The van der Waals surface area contributed by atoms with Crippen molar-refractivity contribution in [3.63, 3.8) is 0 Å². The van der Waals surface area contributed by atoms with E-state index in [2.05, 4.69) is 73.7 Å².